The molecule has 0 amide bonds. The molecule has 3 aromatic rings. The Balaban J connectivity index is 1.09. The lowest BCUT2D eigenvalue weighted by molar-refractivity contribution is 0.00845. The van der Waals surface area contributed by atoms with E-state index in [1.807, 2.05) is 48.5 Å². The molecule has 39 heavy (non-hydrogen) atoms. The molecule has 0 aromatic heterocycles. The maximum absolute atomic E-state index is 8.71. The van der Waals surface area contributed by atoms with Gasteiger partial charge in [0.15, 0.2) is 11.5 Å². The maximum atomic E-state index is 8.71. The van der Waals surface area contributed by atoms with Crippen LogP contribution in [-0.2, 0) is 23.7 Å². The van der Waals surface area contributed by atoms with Crippen LogP contribution in [0.25, 0.3) is 22.9 Å². The normalized spacial score (nSPS) is 12.7. The lowest BCUT2D eigenvalue weighted by Gasteiger charge is -2.15. The van der Waals surface area contributed by atoms with Crippen LogP contribution < -0.4 is 19.9 Å². The molecule has 0 saturated carbocycles. The molecule has 0 saturated heterocycles. The van der Waals surface area contributed by atoms with Crippen molar-refractivity contribution in [2.45, 2.75) is 6.10 Å². The van der Waals surface area contributed by atoms with Crippen LogP contribution >= 0.6 is 0 Å². The molecule has 0 heterocycles. The average Bonchev–Trinajstić information content (AvgIpc) is 3.38. The first-order valence-electron chi connectivity index (χ1n) is 13.4. The fraction of sp³-hybridized carbons (Fsp3) is 0.419. The van der Waals surface area contributed by atoms with E-state index in [1.54, 1.807) is 0 Å². The SMILES string of the molecule is OCCOCCOCCOc1cc2ccccc2cc1OCCOCCOCCOC1C=c2ccccc2=C1. The molecule has 0 atom stereocenters. The van der Waals surface area contributed by atoms with Gasteiger partial charge in [0.1, 0.15) is 13.2 Å². The van der Waals surface area contributed by atoms with Crippen LogP contribution in [0.2, 0.25) is 0 Å². The highest BCUT2D eigenvalue weighted by Crippen LogP contribution is 2.32. The van der Waals surface area contributed by atoms with Crippen molar-refractivity contribution in [1.29, 1.82) is 0 Å². The molecular formula is C31H38O8. The van der Waals surface area contributed by atoms with Gasteiger partial charge in [0, 0.05) is 0 Å². The summed E-state index contributed by atoms with van der Waals surface area (Å²) in [5.74, 6) is 1.33. The van der Waals surface area contributed by atoms with Crippen molar-refractivity contribution in [3.05, 3.63) is 71.1 Å². The Kier molecular flexibility index (Phi) is 12.5. The van der Waals surface area contributed by atoms with Gasteiger partial charge in [0.05, 0.1) is 72.2 Å². The zero-order chi connectivity index (χ0) is 27.0. The van der Waals surface area contributed by atoms with Gasteiger partial charge < -0.3 is 38.3 Å². The van der Waals surface area contributed by atoms with Crippen molar-refractivity contribution < 1.29 is 38.3 Å². The summed E-state index contributed by atoms with van der Waals surface area (Å²) in [5.41, 5.74) is 0. The summed E-state index contributed by atoms with van der Waals surface area (Å²) in [7, 11) is 0. The van der Waals surface area contributed by atoms with Crippen LogP contribution in [0.3, 0.4) is 0 Å². The number of fused-ring (bicyclic) bond motifs is 2. The zero-order valence-electron chi connectivity index (χ0n) is 22.3. The minimum Gasteiger partial charge on any atom is -0.487 e. The van der Waals surface area contributed by atoms with E-state index in [4.69, 9.17) is 38.3 Å². The van der Waals surface area contributed by atoms with E-state index in [-0.39, 0.29) is 12.7 Å². The first kappa shape index (κ1) is 29.0. The van der Waals surface area contributed by atoms with E-state index < -0.39 is 0 Å². The molecule has 0 fully saturated rings. The smallest absolute Gasteiger partial charge is 0.161 e. The number of aliphatic hydroxyl groups is 1. The van der Waals surface area contributed by atoms with Gasteiger partial charge in [-0.2, -0.15) is 0 Å². The van der Waals surface area contributed by atoms with Gasteiger partial charge in [-0.25, -0.2) is 0 Å². The van der Waals surface area contributed by atoms with E-state index in [0.29, 0.717) is 84.2 Å². The second kappa shape index (κ2) is 16.9. The molecule has 8 heteroatoms. The monoisotopic (exact) mass is 538 g/mol. The molecule has 0 spiro atoms. The van der Waals surface area contributed by atoms with E-state index in [9.17, 15) is 0 Å². The minimum absolute atomic E-state index is 0.00730. The fourth-order valence-electron chi connectivity index (χ4n) is 4.11. The lowest BCUT2D eigenvalue weighted by atomic mass is 10.1. The summed E-state index contributed by atoms with van der Waals surface area (Å²) in [5, 5.41) is 13.3. The number of hydrogen-bond donors (Lipinski definition) is 1. The van der Waals surface area contributed by atoms with Crippen LogP contribution in [0.15, 0.2) is 60.7 Å². The summed E-state index contributed by atoms with van der Waals surface area (Å²) in [4.78, 5) is 0. The summed E-state index contributed by atoms with van der Waals surface area (Å²) in [6, 6.07) is 20.3. The highest BCUT2D eigenvalue weighted by atomic mass is 16.6. The highest BCUT2D eigenvalue weighted by Gasteiger charge is 2.09. The van der Waals surface area contributed by atoms with Gasteiger partial charge in [-0.3, -0.25) is 0 Å². The Labute approximate surface area is 229 Å². The predicted molar refractivity (Wildman–Crippen MR) is 150 cm³/mol. The Morgan fingerprint density at radius 2 is 0.949 bits per heavy atom. The third-order valence-corrected chi connectivity index (χ3v) is 5.98. The van der Waals surface area contributed by atoms with Crippen molar-refractivity contribution in [2.75, 3.05) is 79.3 Å². The van der Waals surface area contributed by atoms with E-state index >= 15 is 0 Å². The Bertz CT molecular complexity index is 1210. The van der Waals surface area contributed by atoms with Gasteiger partial charge in [-0.05, 0) is 45.5 Å². The number of aliphatic hydroxyl groups excluding tert-OH is 1. The van der Waals surface area contributed by atoms with Crippen LogP contribution in [0, 0.1) is 0 Å². The van der Waals surface area contributed by atoms with Crippen molar-refractivity contribution in [2.24, 2.45) is 0 Å². The van der Waals surface area contributed by atoms with Crippen molar-refractivity contribution in [3.8, 4) is 11.5 Å². The van der Waals surface area contributed by atoms with E-state index in [1.165, 1.54) is 10.4 Å². The predicted octanol–water partition coefficient (Wildman–Crippen LogP) is 2.32. The first-order chi connectivity index (χ1) is 19.3. The molecule has 4 rings (SSSR count). The van der Waals surface area contributed by atoms with Gasteiger partial charge in [0.2, 0.25) is 0 Å². The van der Waals surface area contributed by atoms with Crippen LogP contribution in [-0.4, -0.2) is 90.5 Å². The van der Waals surface area contributed by atoms with Crippen molar-refractivity contribution in [1.82, 2.24) is 0 Å². The Morgan fingerprint density at radius 1 is 0.513 bits per heavy atom. The highest BCUT2D eigenvalue weighted by molar-refractivity contribution is 5.86. The second-order valence-corrected chi connectivity index (χ2v) is 8.81. The average molecular weight is 539 g/mol. The number of hydrogen-bond acceptors (Lipinski definition) is 8. The third kappa shape index (κ3) is 9.93. The summed E-state index contributed by atoms with van der Waals surface area (Å²) in [6.45, 7) is 4.89. The van der Waals surface area contributed by atoms with E-state index in [0.717, 1.165) is 10.8 Å². The quantitative estimate of drug-likeness (QED) is 0.220. The first-order valence-corrected chi connectivity index (χ1v) is 13.4. The van der Waals surface area contributed by atoms with Crippen molar-refractivity contribution >= 4 is 22.9 Å². The standard InChI is InChI=1S/C31H38O8/c32-9-10-33-11-12-35-16-19-38-30-23-27-7-3-4-8-28(27)24-31(30)39-20-17-36-14-13-34-15-18-37-29-21-25-5-1-2-6-26(25)22-29/h1-8,21-24,29,32H,9-20H2. The van der Waals surface area contributed by atoms with E-state index in [2.05, 4.69) is 24.3 Å². The summed E-state index contributed by atoms with van der Waals surface area (Å²) < 4.78 is 39.8. The van der Waals surface area contributed by atoms with Crippen LogP contribution in [0.4, 0.5) is 0 Å². The number of rotatable bonds is 20. The topological polar surface area (TPSA) is 84.8 Å². The maximum Gasteiger partial charge on any atom is 0.161 e. The van der Waals surface area contributed by atoms with Gasteiger partial charge in [-0.1, -0.05) is 48.5 Å². The Hall–Kier alpha value is -2.98. The molecule has 8 nitrogen and oxygen atoms in total. The molecule has 0 bridgehead atoms. The van der Waals surface area contributed by atoms with Gasteiger partial charge in [-0.15, -0.1) is 0 Å². The van der Waals surface area contributed by atoms with Crippen molar-refractivity contribution in [3.63, 3.8) is 0 Å². The largest absolute Gasteiger partial charge is 0.487 e. The fourth-order valence-corrected chi connectivity index (χ4v) is 4.11. The molecule has 0 radical (unpaired) electrons. The molecule has 1 N–H and O–H groups in total. The zero-order valence-corrected chi connectivity index (χ0v) is 22.3. The second-order valence-electron chi connectivity index (χ2n) is 8.81. The molecule has 0 unspecified atom stereocenters. The molecule has 3 aromatic carbocycles. The third-order valence-electron chi connectivity index (χ3n) is 5.98. The summed E-state index contributed by atoms with van der Waals surface area (Å²) >= 11 is 0. The molecule has 0 aliphatic heterocycles. The van der Waals surface area contributed by atoms with Gasteiger partial charge >= 0.3 is 0 Å². The van der Waals surface area contributed by atoms with Crippen LogP contribution in [0.1, 0.15) is 0 Å². The molecular weight excluding hydrogens is 500 g/mol. The molecule has 1 aliphatic carbocycles. The van der Waals surface area contributed by atoms with Gasteiger partial charge in [0.25, 0.3) is 0 Å². The number of benzene rings is 3. The van der Waals surface area contributed by atoms with Crippen LogP contribution in [0.5, 0.6) is 11.5 Å². The minimum atomic E-state index is 0.00730. The number of ether oxygens (including phenoxy) is 7. The summed E-state index contributed by atoms with van der Waals surface area (Å²) in [6.07, 6.45) is 4.25. The molecule has 210 valence electrons. The Morgan fingerprint density at radius 3 is 1.46 bits per heavy atom. The molecule has 1 aliphatic rings. The lowest BCUT2D eigenvalue weighted by Crippen LogP contribution is -2.19.